The van der Waals surface area contributed by atoms with Gasteiger partial charge in [-0.25, -0.2) is 0 Å². The molecule has 0 aromatic carbocycles. The molecule has 0 saturated carbocycles. The molecule has 0 aliphatic carbocycles. The van der Waals surface area contributed by atoms with E-state index in [1.165, 1.54) is 0 Å². The molecule has 0 aromatic rings. The van der Waals surface area contributed by atoms with Gasteiger partial charge in [0.15, 0.2) is 0 Å². The Bertz CT molecular complexity index is 97.6. The third kappa shape index (κ3) is 132. The zero-order valence-corrected chi connectivity index (χ0v) is 13.5. The molecule has 0 aromatic heterocycles. The second kappa shape index (κ2) is 36.0. The van der Waals surface area contributed by atoms with E-state index in [0.29, 0.717) is 19.4 Å². The summed E-state index contributed by atoms with van der Waals surface area (Å²) >= 11 is 0. The van der Waals surface area contributed by atoms with E-state index in [2.05, 4.69) is 6.92 Å². The monoisotopic (exact) mass is 302 g/mol. The molecular weight excluding hydrogens is 270 g/mol. The van der Waals surface area contributed by atoms with Crippen LogP contribution in [0, 0.1) is 6.92 Å². The van der Waals surface area contributed by atoms with Gasteiger partial charge in [-0.05, 0) is 33.7 Å². The smallest absolute Gasteiger partial charge is 0.0524 e. The fourth-order valence-electron chi connectivity index (χ4n) is 0.241. The number of aliphatic hydroxyl groups excluding tert-OH is 3. The topological polar surface area (TPSA) is 139 Å². The van der Waals surface area contributed by atoms with Crippen molar-refractivity contribution in [3.05, 3.63) is 6.92 Å². The quantitative estimate of drug-likeness (QED) is 0.228. The molecule has 0 amide bonds. The Labute approximate surface area is 127 Å². The molecule has 1 unspecified atom stereocenters. The van der Waals surface area contributed by atoms with Crippen molar-refractivity contribution in [1.82, 2.24) is 0 Å². The van der Waals surface area contributed by atoms with Crippen LogP contribution < -0.4 is 17.2 Å². The van der Waals surface area contributed by atoms with Crippen LogP contribution in [0.25, 0.3) is 0 Å². The summed E-state index contributed by atoms with van der Waals surface area (Å²) in [5.74, 6) is 0. The molecule has 114 valence electrons. The van der Waals surface area contributed by atoms with Crippen molar-refractivity contribution in [2.75, 3.05) is 19.8 Å². The third-order valence-electron chi connectivity index (χ3n) is 0.918. The summed E-state index contributed by atoms with van der Waals surface area (Å²) in [6.45, 7) is 9.61. The van der Waals surface area contributed by atoms with Gasteiger partial charge in [-0.2, -0.15) is 6.42 Å². The minimum Gasteiger partial charge on any atom is -0.397 e. The van der Waals surface area contributed by atoms with Crippen molar-refractivity contribution in [2.45, 2.75) is 45.9 Å². The van der Waals surface area contributed by atoms with Gasteiger partial charge in [0, 0.05) is 41.1 Å². The number of hydrogen-bond donors (Lipinski definition) is 6. The average Bonchev–Trinajstić information content (AvgIpc) is 2.20. The summed E-state index contributed by atoms with van der Waals surface area (Å²) in [5, 5.41) is 23.6. The molecule has 0 aliphatic rings. The number of rotatable bonds is 3. The maximum atomic E-state index is 8.47. The van der Waals surface area contributed by atoms with Crippen molar-refractivity contribution in [2.24, 2.45) is 17.2 Å². The van der Waals surface area contributed by atoms with Crippen LogP contribution in [-0.4, -0.2) is 47.3 Å². The first-order valence-corrected chi connectivity index (χ1v) is 5.77. The van der Waals surface area contributed by atoms with E-state index in [4.69, 9.17) is 32.5 Å². The first kappa shape index (κ1) is 31.1. The molecule has 0 heterocycles. The molecule has 6 nitrogen and oxygen atoms in total. The first-order chi connectivity index (χ1) is 7.87. The summed E-state index contributed by atoms with van der Waals surface area (Å²) in [6.07, 6.45) is 0.866. The molecule has 0 spiro atoms. The average molecular weight is 302 g/mol. The summed E-state index contributed by atoms with van der Waals surface area (Å²) in [6, 6.07) is 0. The van der Waals surface area contributed by atoms with Gasteiger partial charge in [0.05, 0.1) is 6.10 Å². The summed E-state index contributed by atoms with van der Waals surface area (Å²) in [5.41, 5.74) is 15.1. The first-order valence-electron chi connectivity index (χ1n) is 5.77. The molecule has 0 bridgehead atoms. The van der Waals surface area contributed by atoms with Crippen LogP contribution in [-0.2, 0) is 21.7 Å². The van der Waals surface area contributed by atoms with E-state index >= 15 is 0 Å². The Morgan fingerprint density at radius 2 is 1.33 bits per heavy atom. The van der Waals surface area contributed by atoms with E-state index in [0.717, 1.165) is 0 Å². The minimum atomic E-state index is -0.227. The molecule has 0 saturated heterocycles. The third-order valence-corrected chi connectivity index (χ3v) is 0.918. The molecule has 9 N–H and O–H groups in total. The fraction of sp³-hybridized carbons (Fsp3) is 0.909. The van der Waals surface area contributed by atoms with Crippen LogP contribution in [0.15, 0.2) is 0 Å². The van der Waals surface area contributed by atoms with Crippen molar-refractivity contribution >= 4 is 0 Å². The normalized spacial score (nSPS) is 9.50. The van der Waals surface area contributed by atoms with Gasteiger partial charge in [-0.3, -0.25) is 0 Å². The predicted molar refractivity (Wildman–Crippen MR) is 73.0 cm³/mol. The van der Waals surface area contributed by atoms with Crippen LogP contribution in [0.5, 0.6) is 0 Å². The van der Waals surface area contributed by atoms with Crippen LogP contribution >= 0.6 is 0 Å². The zero-order valence-electron chi connectivity index (χ0n) is 12.0. The van der Waals surface area contributed by atoms with E-state index in [9.17, 15) is 0 Å². The van der Waals surface area contributed by atoms with E-state index in [1.807, 2.05) is 0 Å². The van der Waals surface area contributed by atoms with Gasteiger partial charge < -0.3 is 39.4 Å². The van der Waals surface area contributed by atoms with Crippen LogP contribution in [0.4, 0.5) is 0 Å². The van der Waals surface area contributed by atoms with Crippen molar-refractivity contribution in [1.29, 1.82) is 0 Å². The Morgan fingerprint density at radius 3 is 1.33 bits per heavy atom. The van der Waals surface area contributed by atoms with Crippen LogP contribution in [0.3, 0.4) is 0 Å². The van der Waals surface area contributed by atoms with Crippen LogP contribution in [0.1, 0.15) is 33.6 Å². The van der Waals surface area contributed by atoms with E-state index in [1.54, 1.807) is 20.8 Å². The summed E-state index contributed by atoms with van der Waals surface area (Å²) < 4.78 is 0. The van der Waals surface area contributed by atoms with Crippen molar-refractivity contribution in [3.8, 4) is 0 Å². The Balaban J connectivity index is -0.0000000429. The molecule has 0 fully saturated rings. The standard InChI is InChI=1S/C4H11NO.C3H9N2.2C2H6O.Ti/c1-4(6)2-3-5;1-2-3(4)5;2*1-2-3;/h4,6H,2-3,5H2,1H3;3H,1-2,4-5H2;2*3H,2H2,1H3;/q;-1;;;. The molecule has 0 radical (unpaired) electrons. The van der Waals surface area contributed by atoms with Crippen molar-refractivity contribution in [3.63, 3.8) is 0 Å². The Kier molecular flexibility index (Phi) is 62.2. The maximum absolute atomic E-state index is 8.47. The summed E-state index contributed by atoms with van der Waals surface area (Å²) in [4.78, 5) is 0. The van der Waals surface area contributed by atoms with Gasteiger partial charge in [0.2, 0.25) is 0 Å². The molecule has 0 rings (SSSR count). The number of hydrogen-bond acceptors (Lipinski definition) is 6. The SMILES string of the molecule is CC(O)CCN.CCO.CCO.[CH2-]CC(N)N.[Ti]. The summed E-state index contributed by atoms with van der Waals surface area (Å²) in [7, 11) is 0. The molecule has 1 atom stereocenters. The van der Waals surface area contributed by atoms with E-state index < -0.39 is 0 Å². The number of aliphatic hydroxyl groups is 3. The predicted octanol–water partition coefficient (Wildman–Crippen LogP) is -0.835. The fourth-order valence-corrected chi connectivity index (χ4v) is 0.241. The van der Waals surface area contributed by atoms with Gasteiger partial charge in [0.1, 0.15) is 0 Å². The minimum absolute atomic E-state index is 0. The Hall–Kier alpha value is 0.474. The Morgan fingerprint density at radius 1 is 1.11 bits per heavy atom. The maximum Gasteiger partial charge on any atom is 0.0524 e. The van der Waals surface area contributed by atoms with Gasteiger partial charge in [0.25, 0.3) is 0 Å². The largest absolute Gasteiger partial charge is 0.397 e. The molecule has 7 heteroatoms. The molecule has 18 heavy (non-hydrogen) atoms. The second-order valence-electron chi connectivity index (χ2n) is 3.01. The van der Waals surface area contributed by atoms with Gasteiger partial charge >= 0.3 is 0 Å². The second-order valence-corrected chi connectivity index (χ2v) is 3.01. The van der Waals surface area contributed by atoms with E-state index in [-0.39, 0.29) is 47.2 Å². The number of nitrogens with two attached hydrogens (primary N) is 3. The van der Waals surface area contributed by atoms with Crippen LogP contribution in [0.2, 0.25) is 0 Å². The van der Waals surface area contributed by atoms with Gasteiger partial charge in [-0.15, -0.1) is 0 Å². The van der Waals surface area contributed by atoms with Crippen molar-refractivity contribution < 1.29 is 37.0 Å². The zero-order chi connectivity index (χ0) is 14.7. The molecule has 0 aliphatic heterocycles. The molecular formula is C11H32N3O3Ti-. The van der Waals surface area contributed by atoms with Gasteiger partial charge in [-0.1, -0.05) is 0 Å².